The molecule has 0 unspecified atom stereocenters. The summed E-state index contributed by atoms with van der Waals surface area (Å²) in [5.41, 5.74) is 0.625. The quantitative estimate of drug-likeness (QED) is 0.694. The van der Waals surface area contributed by atoms with Gasteiger partial charge in [-0.1, -0.05) is 11.6 Å². The van der Waals surface area contributed by atoms with Gasteiger partial charge in [0.25, 0.3) is 0 Å². The van der Waals surface area contributed by atoms with Crippen LogP contribution < -0.4 is 23.8 Å². The van der Waals surface area contributed by atoms with Gasteiger partial charge in [0.1, 0.15) is 23.8 Å². The Bertz CT molecular complexity index is 965. The smallest absolute Gasteiger partial charge is 0.245 e. The van der Waals surface area contributed by atoms with Gasteiger partial charge in [-0.15, -0.1) is 0 Å². The Kier molecular flexibility index (Phi) is 6.98. The largest absolute Gasteiger partial charge is 0.497 e. The molecule has 28 heavy (non-hydrogen) atoms. The van der Waals surface area contributed by atoms with Crippen LogP contribution >= 0.6 is 11.6 Å². The summed E-state index contributed by atoms with van der Waals surface area (Å²) >= 11 is 6.04. The van der Waals surface area contributed by atoms with Gasteiger partial charge in [-0.25, -0.2) is 8.42 Å². The van der Waals surface area contributed by atoms with Gasteiger partial charge >= 0.3 is 0 Å². The van der Waals surface area contributed by atoms with E-state index in [-0.39, 0.29) is 11.4 Å². The number of benzene rings is 2. The number of anilines is 2. The minimum absolute atomic E-state index is 0.216. The Balaban J connectivity index is 2.28. The van der Waals surface area contributed by atoms with E-state index in [0.717, 1.165) is 10.6 Å². The van der Waals surface area contributed by atoms with Gasteiger partial charge in [0, 0.05) is 11.8 Å². The summed E-state index contributed by atoms with van der Waals surface area (Å²) in [5.74, 6) is 0.654. The topological polar surface area (TPSA) is 94.2 Å². The van der Waals surface area contributed by atoms with Gasteiger partial charge < -0.3 is 19.5 Å². The number of halogens is 1. The lowest BCUT2D eigenvalue weighted by atomic mass is 10.2. The maximum Gasteiger partial charge on any atom is 0.245 e. The molecule has 2 aromatic rings. The molecule has 152 valence electrons. The predicted octanol–water partition coefficient (Wildman–Crippen LogP) is 2.77. The number of ether oxygens (including phenoxy) is 3. The molecular weight excluding hydrogens is 408 g/mol. The molecular formula is C18H21ClN2O6S. The number of methoxy groups -OCH3 is 3. The summed E-state index contributed by atoms with van der Waals surface area (Å²) in [7, 11) is 0.590. The number of amides is 1. The monoisotopic (exact) mass is 428 g/mol. The molecule has 0 heterocycles. The highest BCUT2D eigenvalue weighted by Gasteiger charge is 2.24. The average molecular weight is 429 g/mol. The lowest BCUT2D eigenvalue weighted by Crippen LogP contribution is -2.37. The summed E-state index contributed by atoms with van der Waals surface area (Å²) in [4.78, 5) is 12.5. The molecule has 0 aliphatic rings. The van der Waals surface area contributed by atoms with Gasteiger partial charge in [-0.05, 0) is 30.3 Å². The zero-order valence-corrected chi connectivity index (χ0v) is 17.4. The van der Waals surface area contributed by atoms with Crippen LogP contribution in [0.1, 0.15) is 0 Å². The van der Waals surface area contributed by atoms with Crippen molar-refractivity contribution >= 4 is 38.9 Å². The number of hydrogen-bond donors (Lipinski definition) is 1. The van der Waals surface area contributed by atoms with E-state index in [2.05, 4.69) is 5.32 Å². The summed E-state index contributed by atoms with van der Waals surface area (Å²) in [6.45, 7) is -0.453. The molecule has 0 fully saturated rings. The van der Waals surface area contributed by atoms with Crippen molar-refractivity contribution in [2.75, 3.05) is 43.8 Å². The van der Waals surface area contributed by atoms with Gasteiger partial charge in [-0.3, -0.25) is 9.10 Å². The van der Waals surface area contributed by atoms with Crippen LogP contribution in [0.3, 0.4) is 0 Å². The lowest BCUT2D eigenvalue weighted by Gasteiger charge is -2.24. The van der Waals surface area contributed by atoms with Crippen molar-refractivity contribution in [3.05, 3.63) is 41.4 Å². The van der Waals surface area contributed by atoms with Crippen molar-refractivity contribution in [1.29, 1.82) is 0 Å². The number of sulfonamides is 1. The van der Waals surface area contributed by atoms with E-state index in [0.29, 0.717) is 22.2 Å². The second-order valence-corrected chi connectivity index (χ2v) is 8.02. The summed E-state index contributed by atoms with van der Waals surface area (Å²) in [6.07, 6.45) is 1.01. The molecule has 0 aliphatic heterocycles. The van der Waals surface area contributed by atoms with E-state index in [1.54, 1.807) is 18.2 Å². The Labute approximate surface area is 169 Å². The number of nitrogens with one attached hydrogen (secondary N) is 1. The molecule has 0 saturated heterocycles. The normalized spacial score (nSPS) is 10.9. The number of hydrogen-bond acceptors (Lipinski definition) is 6. The van der Waals surface area contributed by atoms with E-state index in [1.807, 2.05) is 0 Å². The number of carbonyl (C=O) groups excluding carboxylic acids is 1. The van der Waals surface area contributed by atoms with Crippen molar-refractivity contribution in [3.63, 3.8) is 0 Å². The Morgan fingerprint density at radius 1 is 1.04 bits per heavy atom. The number of rotatable bonds is 8. The van der Waals surface area contributed by atoms with Gasteiger partial charge in [0.15, 0.2) is 0 Å². The Hall–Kier alpha value is -2.65. The molecule has 0 radical (unpaired) electrons. The van der Waals surface area contributed by atoms with Gasteiger partial charge in [-0.2, -0.15) is 0 Å². The van der Waals surface area contributed by atoms with Gasteiger partial charge in [0.2, 0.25) is 15.9 Å². The van der Waals surface area contributed by atoms with Crippen LogP contribution in [-0.2, 0) is 14.8 Å². The molecule has 0 saturated carbocycles. The first-order chi connectivity index (χ1) is 13.2. The van der Waals surface area contributed by atoms with Crippen LogP contribution in [-0.4, -0.2) is 48.5 Å². The fourth-order valence-electron chi connectivity index (χ4n) is 2.45. The Morgan fingerprint density at radius 2 is 1.71 bits per heavy atom. The van der Waals surface area contributed by atoms with Crippen molar-refractivity contribution in [2.45, 2.75) is 0 Å². The van der Waals surface area contributed by atoms with E-state index in [9.17, 15) is 13.2 Å². The lowest BCUT2D eigenvalue weighted by molar-refractivity contribution is -0.114. The highest BCUT2D eigenvalue weighted by Crippen LogP contribution is 2.33. The van der Waals surface area contributed by atoms with Crippen LogP contribution in [0.2, 0.25) is 5.02 Å². The zero-order valence-electron chi connectivity index (χ0n) is 15.9. The fourth-order valence-corrected chi connectivity index (χ4v) is 3.56. The SMILES string of the molecule is COc1ccc(N(CC(=O)Nc2ccc(OC)c(Cl)c2)S(C)(=O)=O)c(OC)c1. The van der Waals surface area contributed by atoms with Crippen LogP contribution in [0.4, 0.5) is 11.4 Å². The van der Waals surface area contributed by atoms with Crippen molar-refractivity contribution in [1.82, 2.24) is 0 Å². The molecule has 2 rings (SSSR count). The van der Waals surface area contributed by atoms with Crippen molar-refractivity contribution in [3.8, 4) is 17.2 Å². The predicted molar refractivity (Wildman–Crippen MR) is 108 cm³/mol. The second-order valence-electron chi connectivity index (χ2n) is 5.70. The number of carbonyl (C=O) groups is 1. The molecule has 1 N–H and O–H groups in total. The molecule has 0 spiro atoms. The number of nitrogens with zero attached hydrogens (tertiary/aromatic N) is 1. The van der Waals surface area contributed by atoms with Gasteiger partial charge in [0.05, 0.1) is 38.3 Å². The molecule has 2 aromatic carbocycles. The highest BCUT2D eigenvalue weighted by atomic mass is 35.5. The maximum atomic E-state index is 12.5. The van der Waals surface area contributed by atoms with Crippen LogP contribution in [0.25, 0.3) is 0 Å². The first kappa shape index (κ1) is 21.6. The van der Waals surface area contributed by atoms with Crippen LogP contribution in [0.5, 0.6) is 17.2 Å². The first-order valence-electron chi connectivity index (χ1n) is 8.02. The molecule has 0 aromatic heterocycles. The van der Waals surface area contributed by atoms with E-state index in [4.69, 9.17) is 25.8 Å². The van der Waals surface area contributed by atoms with E-state index in [1.165, 1.54) is 39.5 Å². The summed E-state index contributed by atoms with van der Waals surface area (Å²) in [6, 6.07) is 9.33. The van der Waals surface area contributed by atoms with Crippen molar-refractivity contribution in [2.24, 2.45) is 0 Å². The molecule has 10 heteroatoms. The minimum atomic E-state index is -3.77. The van der Waals surface area contributed by atoms with E-state index >= 15 is 0 Å². The fraction of sp³-hybridized carbons (Fsp3) is 0.278. The van der Waals surface area contributed by atoms with Crippen LogP contribution in [0.15, 0.2) is 36.4 Å². The molecule has 1 amide bonds. The Morgan fingerprint density at radius 3 is 2.25 bits per heavy atom. The van der Waals surface area contributed by atoms with E-state index < -0.39 is 22.5 Å². The first-order valence-corrected chi connectivity index (χ1v) is 10.3. The standard InChI is InChI=1S/C18H21ClN2O6S/c1-25-13-6-7-15(17(10-13)27-3)21(28(4,23)24)11-18(22)20-12-5-8-16(26-2)14(19)9-12/h5-10H,11H2,1-4H3,(H,20,22). The average Bonchev–Trinajstić information content (AvgIpc) is 2.65. The zero-order chi connectivity index (χ0) is 20.9. The van der Waals surface area contributed by atoms with Crippen molar-refractivity contribution < 1.29 is 27.4 Å². The third-order valence-electron chi connectivity index (χ3n) is 3.78. The highest BCUT2D eigenvalue weighted by molar-refractivity contribution is 7.92. The molecule has 8 nitrogen and oxygen atoms in total. The maximum absolute atomic E-state index is 12.5. The summed E-state index contributed by atoms with van der Waals surface area (Å²) < 4.78 is 41.0. The third-order valence-corrected chi connectivity index (χ3v) is 5.20. The summed E-state index contributed by atoms with van der Waals surface area (Å²) in [5, 5.41) is 2.93. The second kappa shape index (κ2) is 9.03. The van der Waals surface area contributed by atoms with Crippen LogP contribution in [0, 0.1) is 0 Å². The molecule has 0 bridgehead atoms. The third kappa shape index (κ3) is 5.20. The minimum Gasteiger partial charge on any atom is -0.497 e. The molecule has 0 aliphatic carbocycles. The molecule has 0 atom stereocenters.